The summed E-state index contributed by atoms with van der Waals surface area (Å²) in [7, 11) is 1.89. The van der Waals surface area contributed by atoms with Gasteiger partial charge in [-0.25, -0.2) is 4.98 Å². The molecule has 0 unspecified atom stereocenters. The Hall–Kier alpha value is -1.84. The summed E-state index contributed by atoms with van der Waals surface area (Å²) in [6.07, 6.45) is 4.59. The number of anilines is 2. The van der Waals surface area contributed by atoms with Gasteiger partial charge in [0.05, 0.1) is 6.20 Å². The van der Waals surface area contributed by atoms with Crippen molar-refractivity contribution >= 4 is 11.6 Å². The molecule has 0 saturated carbocycles. The van der Waals surface area contributed by atoms with Gasteiger partial charge in [-0.05, 0) is 24.1 Å². The molecule has 0 aliphatic rings. The first-order chi connectivity index (χ1) is 7.29. The molecule has 1 N–H and O–H groups in total. The number of aryl methyl sites for hydroxylation is 2. The van der Waals surface area contributed by atoms with Crippen LogP contribution < -0.4 is 5.32 Å². The summed E-state index contributed by atoms with van der Waals surface area (Å²) in [4.78, 5) is 4.25. The van der Waals surface area contributed by atoms with E-state index in [9.17, 15) is 0 Å². The van der Waals surface area contributed by atoms with Crippen molar-refractivity contribution < 1.29 is 0 Å². The lowest BCUT2D eigenvalue weighted by molar-refractivity contribution is 0.776. The molecule has 0 aromatic carbocycles. The summed E-state index contributed by atoms with van der Waals surface area (Å²) in [5.41, 5.74) is 1.27. The zero-order valence-corrected chi connectivity index (χ0v) is 8.94. The number of hydrogen-bond donors (Lipinski definition) is 1. The number of rotatable bonds is 3. The van der Waals surface area contributed by atoms with Crippen molar-refractivity contribution in [2.24, 2.45) is 7.05 Å². The van der Waals surface area contributed by atoms with Gasteiger partial charge >= 0.3 is 0 Å². The zero-order valence-electron chi connectivity index (χ0n) is 8.94. The van der Waals surface area contributed by atoms with Crippen molar-refractivity contribution in [2.75, 3.05) is 5.32 Å². The molecule has 2 aromatic rings. The van der Waals surface area contributed by atoms with Gasteiger partial charge in [-0.1, -0.05) is 6.92 Å². The third kappa shape index (κ3) is 2.15. The van der Waals surface area contributed by atoms with Crippen molar-refractivity contribution in [1.82, 2.24) is 14.8 Å². The topological polar surface area (TPSA) is 42.7 Å². The molecular weight excluding hydrogens is 188 g/mol. The molecule has 4 heteroatoms. The molecule has 0 atom stereocenters. The largest absolute Gasteiger partial charge is 0.325 e. The summed E-state index contributed by atoms with van der Waals surface area (Å²) in [5, 5.41) is 7.30. The van der Waals surface area contributed by atoms with E-state index in [-0.39, 0.29) is 0 Å². The Labute approximate surface area is 89.0 Å². The Morgan fingerprint density at radius 2 is 2.20 bits per heavy atom. The van der Waals surface area contributed by atoms with Crippen LogP contribution in [0.1, 0.15) is 12.5 Å². The smallest absolute Gasteiger partial charge is 0.131 e. The van der Waals surface area contributed by atoms with Crippen molar-refractivity contribution in [1.29, 1.82) is 0 Å². The van der Waals surface area contributed by atoms with E-state index < -0.39 is 0 Å². The Bertz CT molecular complexity index is 447. The highest BCUT2D eigenvalue weighted by molar-refractivity contribution is 5.52. The Morgan fingerprint density at radius 3 is 2.87 bits per heavy atom. The van der Waals surface area contributed by atoms with Crippen LogP contribution in [-0.4, -0.2) is 14.8 Å². The monoisotopic (exact) mass is 202 g/mol. The Balaban J connectivity index is 2.21. The van der Waals surface area contributed by atoms with E-state index in [1.54, 1.807) is 10.9 Å². The van der Waals surface area contributed by atoms with Crippen molar-refractivity contribution in [2.45, 2.75) is 13.3 Å². The third-order valence-electron chi connectivity index (χ3n) is 2.31. The maximum atomic E-state index is 4.25. The molecular formula is C11H14N4. The first-order valence-electron chi connectivity index (χ1n) is 4.99. The zero-order chi connectivity index (χ0) is 10.7. The van der Waals surface area contributed by atoms with Crippen LogP contribution in [0.4, 0.5) is 11.6 Å². The number of hydrogen-bond acceptors (Lipinski definition) is 3. The number of pyridine rings is 1. The van der Waals surface area contributed by atoms with Crippen molar-refractivity contribution in [3.63, 3.8) is 0 Å². The van der Waals surface area contributed by atoms with E-state index in [0.29, 0.717) is 0 Å². The number of nitrogens with zero attached hydrogens (tertiary/aromatic N) is 3. The van der Waals surface area contributed by atoms with Crippen LogP contribution in [0.5, 0.6) is 0 Å². The molecule has 0 saturated heterocycles. The predicted octanol–water partition coefficient (Wildman–Crippen LogP) is 2.12. The summed E-state index contributed by atoms with van der Waals surface area (Å²) < 4.78 is 1.78. The highest BCUT2D eigenvalue weighted by atomic mass is 15.3. The minimum atomic E-state index is 0.859. The molecule has 2 rings (SSSR count). The van der Waals surface area contributed by atoms with Crippen molar-refractivity contribution in [3.8, 4) is 0 Å². The van der Waals surface area contributed by atoms with Crippen LogP contribution in [0.25, 0.3) is 0 Å². The van der Waals surface area contributed by atoms with Gasteiger partial charge in [0.25, 0.3) is 0 Å². The lowest BCUT2D eigenvalue weighted by Crippen LogP contribution is -2.00. The number of aromatic nitrogens is 3. The number of nitrogens with one attached hydrogen (secondary N) is 1. The third-order valence-corrected chi connectivity index (χ3v) is 2.31. The highest BCUT2D eigenvalue weighted by Crippen LogP contribution is 2.14. The fourth-order valence-electron chi connectivity index (χ4n) is 1.39. The molecule has 78 valence electrons. The quantitative estimate of drug-likeness (QED) is 0.829. The maximum absolute atomic E-state index is 4.25. The lowest BCUT2D eigenvalue weighted by Gasteiger charge is -2.06. The van der Waals surface area contributed by atoms with Gasteiger partial charge < -0.3 is 5.32 Å². The Kier molecular flexibility index (Phi) is 2.67. The van der Waals surface area contributed by atoms with E-state index >= 15 is 0 Å². The predicted molar refractivity (Wildman–Crippen MR) is 60.1 cm³/mol. The van der Waals surface area contributed by atoms with Gasteiger partial charge in [0.1, 0.15) is 11.6 Å². The molecule has 0 radical (unpaired) electrons. The molecule has 4 nitrogen and oxygen atoms in total. The van der Waals surface area contributed by atoms with Crippen LogP contribution in [0, 0.1) is 0 Å². The average Bonchev–Trinajstić information content (AvgIpc) is 2.65. The van der Waals surface area contributed by atoms with Crippen LogP contribution in [0.15, 0.2) is 30.6 Å². The highest BCUT2D eigenvalue weighted by Gasteiger charge is 2.00. The van der Waals surface area contributed by atoms with Gasteiger partial charge in [0, 0.05) is 19.3 Å². The first-order valence-corrected chi connectivity index (χ1v) is 4.99. The maximum Gasteiger partial charge on any atom is 0.131 e. The minimum absolute atomic E-state index is 0.859. The van der Waals surface area contributed by atoms with Gasteiger partial charge in [0.15, 0.2) is 0 Å². The molecule has 0 bridgehead atoms. The van der Waals surface area contributed by atoms with Crippen LogP contribution in [0.3, 0.4) is 0 Å². The minimum Gasteiger partial charge on any atom is -0.325 e. The van der Waals surface area contributed by atoms with Gasteiger partial charge in [-0.3, -0.25) is 4.68 Å². The average molecular weight is 202 g/mol. The second-order valence-corrected chi connectivity index (χ2v) is 3.37. The molecule has 2 aromatic heterocycles. The summed E-state index contributed by atoms with van der Waals surface area (Å²) in [6.45, 7) is 2.13. The SMILES string of the molecule is CCc1ccnc(Nc2ccnn2C)c1. The van der Waals surface area contributed by atoms with E-state index in [0.717, 1.165) is 18.1 Å². The molecule has 0 aliphatic carbocycles. The summed E-state index contributed by atoms with van der Waals surface area (Å²) in [6, 6.07) is 5.99. The van der Waals surface area contributed by atoms with E-state index in [1.165, 1.54) is 5.56 Å². The van der Waals surface area contributed by atoms with E-state index in [1.807, 2.05) is 31.4 Å². The fourth-order valence-corrected chi connectivity index (χ4v) is 1.39. The first kappa shape index (κ1) is 9.71. The summed E-state index contributed by atoms with van der Waals surface area (Å²) >= 11 is 0. The second kappa shape index (κ2) is 4.13. The van der Waals surface area contributed by atoms with Crippen LogP contribution >= 0.6 is 0 Å². The fraction of sp³-hybridized carbons (Fsp3) is 0.273. The van der Waals surface area contributed by atoms with Crippen LogP contribution in [-0.2, 0) is 13.5 Å². The molecule has 0 amide bonds. The second-order valence-electron chi connectivity index (χ2n) is 3.37. The molecule has 15 heavy (non-hydrogen) atoms. The normalized spacial score (nSPS) is 10.3. The molecule has 0 spiro atoms. The van der Waals surface area contributed by atoms with E-state index in [4.69, 9.17) is 0 Å². The molecule has 0 fully saturated rings. The lowest BCUT2D eigenvalue weighted by atomic mass is 10.2. The molecule has 0 aliphatic heterocycles. The molecule has 2 heterocycles. The van der Waals surface area contributed by atoms with E-state index in [2.05, 4.69) is 22.3 Å². The Morgan fingerprint density at radius 1 is 1.33 bits per heavy atom. The van der Waals surface area contributed by atoms with Gasteiger partial charge in [-0.2, -0.15) is 5.10 Å². The summed E-state index contributed by atoms with van der Waals surface area (Å²) in [5.74, 6) is 1.80. The van der Waals surface area contributed by atoms with Crippen LogP contribution in [0.2, 0.25) is 0 Å². The van der Waals surface area contributed by atoms with Gasteiger partial charge in [0.2, 0.25) is 0 Å². The van der Waals surface area contributed by atoms with Crippen molar-refractivity contribution in [3.05, 3.63) is 36.2 Å². The van der Waals surface area contributed by atoms with Gasteiger partial charge in [-0.15, -0.1) is 0 Å². The standard InChI is InChI=1S/C11H14N4/c1-3-9-4-6-12-10(8-9)14-11-5-7-13-15(11)2/h4-8H,3H2,1-2H3,(H,12,14).